The fraction of sp³-hybridized carbons (Fsp3) is 0.0833. The maximum atomic E-state index is 12.9. The van der Waals surface area contributed by atoms with Crippen molar-refractivity contribution in [3.63, 3.8) is 0 Å². The highest BCUT2D eigenvalue weighted by atomic mass is 35.5. The smallest absolute Gasteiger partial charge is 0.359 e. The molecular weight excluding hydrogens is 430 g/mol. The summed E-state index contributed by atoms with van der Waals surface area (Å²) in [6.45, 7) is -0.208. The Hall–Kier alpha value is -3.97. The van der Waals surface area contributed by atoms with Gasteiger partial charge in [-0.05, 0) is 35.9 Å². The Balaban J connectivity index is 1.53. The molecule has 0 fully saturated rings. The first-order valence-corrected chi connectivity index (χ1v) is 10.2. The van der Waals surface area contributed by atoms with Gasteiger partial charge >= 0.3 is 5.97 Å². The molecule has 8 heteroatoms. The number of para-hydroxylation sites is 1. The molecule has 0 aliphatic rings. The van der Waals surface area contributed by atoms with E-state index >= 15 is 0 Å². The predicted molar refractivity (Wildman–Crippen MR) is 121 cm³/mol. The second kappa shape index (κ2) is 9.45. The van der Waals surface area contributed by atoms with Crippen LogP contribution in [0.25, 0.3) is 16.5 Å². The monoisotopic (exact) mass is 447 g/mol. The second-order valence-corrected chi connectivity index (χ2v) is 7.36. The SMILES string of the molecule is O=C(COC(=O)c1nn(-c2ccccc2)c(=O)c2ccccc12)NCc1ccc(Cl)cc1. The zero-order chi connectivity index (χ0) is 22.5. The molecule has 4 aromatic rings. The van der Waals surface area contributed by atoms with Gasteiger partial charge in [-0.1, -0.05) is 60.1 Å². The molecule has 0 radical (unpaired) electrons. The molecule has 32 heavy (non-hydrogen) atoms. The van der Waals surface area contributed by atoms with Gasteiger partial charge in [0.15, 0.2) is 12.3 Å². The molecule has 0 aliphatic carbocycles. The minimum absolute atomic E-state index is 0.0467. The van der Waals surface area contributed by atoms with E-state index in [1.165, 1.54) is 0 Å². The number of carbonyl (C=O) groups is 2. The first kappa shape index (κ1) is 21.3. The number of hydrogen-bond acceptors (Lipinski definition) is 5. The Morgan fingerprint density at radius 3 is 2.28 bits per heavy atom. The van der Waals surface area contributed by atoms with Crippen LogP contribution in [0.4, 0.5) is 0 Å². The van der Waals surface area contributed by atoms with Crippen LogP contribution in [0.2, 0.25) is 5.02 Å². The normalized spacial score (nSPS) is 10.7. The number of esters is 1. The predicted octanol–water partition coefficient (Wildman–Crippen LogP) is 3.51. The number of hydrogen-bond donors (Lipinski definition) is 1. The summed E-state index contributed by atoms with van der Waals surface area (Å²) in [6, 6.07) is 22.4. The molecule has 0 bridgehead atoms. The summed E-state index contributed by atoms with van der Waals surface area (Å²) in [5.74, 6) is -1.26. The van der Waals surface area contributed by atoms with Crippen molar-refractivity contribution in [3.8, 4) is 5.69 Å². The first-order valence-electron chi connectivity index (χ1n) is 9.79. The molecule has 4 rings (SSSR count). The molecule has 3 aromatic carbocycles. The van der Waals surface area contributed by atoms with Crippen LogP contribution in [-0.4, -0.2) is 28.3 Å². The Morgan fingerprint density at radius 2 is 1.56 bits per heavy atom. The van der Waals surface area contributed by atoms with E-state index in [2.05, 4.69) is 10.4 Å². The lowest BCUT2D eigenvalue weighted by Crippen LogP contribution is -2.29. The molecule has 1 amide bonds. The van der Waals surface area contributed by atoms with Gasteiger partial charge in [-0.25, -0.2) is 4.79 Å². The number of amides is 1. The van der Waals surface area contributed by atoms with Gasteiger partial charge in [0, 0.05) is 17.0 Å². The van der Waals surface area contributed by atoms with Gasteiger partial charge in [0.25, 0.3) is 11.5 Å². The average Bonchev–Trinajstić information content (AvgIpc) is 2.83. The Bertz CT molecular complexity index is 1340. The van der Waals surface area contributed by atoms with E-state index in [1.54, 1.807) is 72.8 Å². The third-order valence-corrected chi connectivity index (χ3v) is 4.99. The number of fused-ring (bicyclic) bond motifs is 1. The fourth-order valence-corrected chi connectivity index (χ4v) is 3.26. The lowest BCUT2D eigenvalue weighted by molar-refractivity contribution is -0.124. The van der Waals surface area contributed by atoms with E-state index in [4.69, 9.17) is 16.3 Å². The molecule has 1 heterocycles. The van der Waals surface area contributed by atoms with Crippen LogP contribution >= 0.6 is 11.6 Å². The third-order valence-electron chi connectivity index (χ3n) is 4.74. The molecule has 0 atom stereocenters. The lowest BCUT2D eigenvalue weighted by atomic mass is 10.1. The van der Waals surface area contributed by atoms with E-state index in [9.17, 15) is 14.4 Å². The molecule has 0 unspecified atom stereocenters. The first-order chi connectivity index (χ1) is 15.5. The van der Waals surface area contributed by atoms with E-state index < -0.39 is 18.5 Å². The van der Waals surface area contributed by atoms with Crippen LogP contribution in [0.15, 0.2) is 83.7 Å². The van der Waals surface area contributed by atoms with Gasteiger partial charge in [-0.15, -0.1) is 0 Å². The summed E-state index contributed by atoms with van der Waals surface area (Å²) in [5.41, 5.74) is 0.966. The summed E-state index contributed by atoms with van der Waals surface area (Å²) in [5, 5.41) is 8.19. The standard InChI is InChI=1S/C24H18ClN3O4/c25-17-12-10-16(11-13-17)14-26-21(29)15-32-24(31)22-19-8-4-5-9-20(19)23(30)28(27-22)18-6-2-1-3-7-18/h1-13H,14-15H2,(H,26,29). The summed E-state index contributed by atoms with van der Waals surface area (Å²) in [7, 11) is 0. The van der Waals surface area contributed by atoms with E-state index in [0.717, 1.165) is 10.2 Å². The number of carbonyl (C=O) groups excluding carboxylic acids is 2. The third kappa shape index (κ3) is 4.68. The number of ether oxygens (including phenoxy) is 1. The fourth-order valence-electron chi connectivity index (χ4n) is 3.14. The summed E-state index contributed by atoms with van der Waals surface area (Å²) >= 11 is 5.85. The number of nitrogens with one attached hydrogen (secondary N) is 1. The largest absolute Gasteiger partial charge is 0.451 e. The molecule has 0 spiro atoms. The maximum Gasteiger partial charge on any atom is 0.359 e. The highest BCUT2D eigenvalue weighted by Gasteiger charge is 2.19. The van der Waals surface area contributed by atoms with Crippen molar-refractivity contribution in [3.05, 3.63) is 105 Å². The van der Waals surface area contributed by atoms with Crippen molar-refractivity contribution in [2.75, 3.05) is 6.61 Å². The van der Waals surface area contributed by atoms with E-state index in [1.807, 2.05) is 6.07 Å². The van der Waals surface area contributed by atoms with Gasteiger partial charge in [0.05, 0.1) is 11.1 Å². The quantitative estimate of drug-likeness (QED) is 0.457. The van der Waals surface area contributed by atoms with Gasteiger partial charge in [-0.3, -0.25) is 9.59 Å². The minimum Gasteiger partial charge on any atom is -0.451 e. The summed E-state index contributed by atoms with van der Waals surface area (Å²) < 4.78 is 6.34. The zero-order valence-electron chi connectivity index (χ0n) is 16.8. The second-order valence-electron chi connectivity index (χ2n) is 6.93. The molecule has 160 valence electrons. The van der Waals surface area contributed by atoms with Crippen molar-refractivity contribution < 1.29 is 14.3 Å². The van der Waals surface area contributed by atoms with Crippen LogP contribution in [0.1, 0.15) is 16.1 Å². The van der Waals surface area contributed by atoms with E-state index in [0.29, 0.717) is 21.5 Å². The van der Waals surface area contributed by atoms with Gasteiger partial charge in [0.1, 0.15) is 0 Å². The zero-order valence-corrected chi connectivity index (χ0v) is 17.6. The lowest BCUT2D eigenvalue weighted by Gasteiger charge is -2.11. The number of benzene rings is 3. The number of nitrogens with zero attached hydrogens (tertiary/aromatic N) is 2. The summed E-state index contributed by atoms with van der Waals surface area (Å²) in [6.07, 6.45) is 0. The van der Waals surface area contributed by atoms with Crippen molar-refractivity contribution in [2.24, 2.45) is 0 Å². The molecule has 7 nitrogen and oxygen atoms in total. The highest BCUT2D eigenvalue weighted by molar-refractivity contribution is 6.30. The van der Waals surface area contributed by atoms with E-state index in [-0.39, 0.29) is 17.8 Å². The number of aromatic nitrogens is 2. The Kier molecular flexibility index (Phi) is 6.28. The molecule has 1 N–H and O–H groups in total. The Labute approximate surface area is 188 Å². The van der Waals surface area contributed by atoms with Gasteiger partial charge in [-0.2, -0.15) is 9.78 Å². The number of halogens is 1. The highest BCUT2D eigenvalue weighted by Crippen LogP contribution is 2.16. The molecule has 1 aromatic heterocycles. The van der Waals surface area contributed by atoms with Crippen molar-refractivity contribution in [1.82, 2.24) is 15.1 Å². The van der Waals surface area contributed by atoms with Crippen LogP contribution < -0.4 is 10.9 Å². The molecule has 0 aliphatic heterocycles. The van der Waals surface area contributed by atoms with Crippen LogP contribution in [-0.2, 0) is 16.1 Å². The van der Waals surface area contributed by atoms with Crippen LogP contribution in [0.5, 0.6) is 0 Å². The minimum atomic E-state index is -0.799. The van der Waals surface area contributed by atoms with Crippen LogP contribution in [0, 0.1) is 0 Å². The average molecular weight is 448 g/mol. The topological polar surface area (TPSA) is 90.3 Å². The maximum absolute atomic E-state index is 12.9. The summed E-state index contributed by atoms with van der Waals surface area (Å²) in [4.78, 5) is 37.8. The van der Waals surface area contributed by atoms with Crippen LogP contribution in [0.3, 0.4) is 0 Å². The molecule has 0 saturated heterocycles. The molecular formula is C24H18ClN3O4. The van der Waals surface area contributed by atoms with Crippen molar-refractivity contribution >= 4 is 34.2 Å². The number of rotatable bonds is 6. The van der Waals surface area contributed by atoms with Crippen molar-refractivity contribution in [2.45, 2.75) is 6.54 Å². The Morgan fingerprint density at radius 1 is 0.906 bits per heavy atom. The van der Waals surface area contributed by atoms with Crippen molar-refractivity contribution in [1.29, 1.82) is 0 Å². The van der Waals surface area contributed by atoms with Gasteiger partial charge in [0.2, 0.25) is 0 Å². The van der Waals surface area contributed by atoms with Gasteiger partial charge < -0.3 is 10.1 Å². The molecule has 0 saturated carbocycles.